The van der Waals surface area contributed by atoms with E-state index in [0.717, 1.165) is 11.8 Å². The first-order chi connectivity index (χ1) is 4.98. The van der Waals surface area contributed by atoms with Crippen LogP contribution in [-0.2, 0) is 0 Å². The molecule has 0 saturated heterocycles. The summed E-state index contributed by atoms with van der Waals surface area (Å²) in [6.07, 6.45) is 4.18. The molecule has 0 heterocycles. The van der Waals surface area contributed by atoms with E-state index in [4.69, 9.17) is 12.6 Å². The second kappa shape index (κ2) is 1.99. The zero-order chi connectivity index (χ0) is 8.28. The van der Waals surface area contributed by atoms with E-state index in [-0.39, 0.29) is 0 Å². The summed E-state index contributed by atoms with van der Waals surface area (Å²) >= 11 is 4.83. The van der Waals surface area contributed by atoms with Crippen molar-refractivity contribution in [2.45, 2.75) is 44.8 Å². The predicted molar refractivity (Wildman–Crippen MR) is 52.0 cm³/mol. The average Bonchev–Trinajstić information content (AvgIpc) is 2.26. The van der Waals surface area contributed by atoms with Crippen LogP contribution in [0, 0.1) is 17.3 Å². The van der Waals surface area contributed by atoms with Crippen LogP contribution in [0.2, 0.25) is 0 Å². The normalized spacial score (nSPS) is 53.5. The molecule has 11 heavy (non-hydrogen) atoms. The highest BCUT2D eigenvalue weighted by molar-refractivity contribution is 7.82. The van der Waals surface area contributed by atoms with E-state index in [1.165, 1.54) is 19.3 Å². The molecule has 2 rings (SSSR count). The molecule has 0 N–H and O–H groups in total. The third-order valence-electron chi connectivity index (χ3n) is 4.09. The Balaban J connectivity index is 2.17. The fraction of sp³-hybridized carbons (Fsp3) is 1.00. The van der Waals surface area contributed by atoms with Gasteiger partial charge in [-0.3, -0.25) is 0 Å². The minimum atomic E-state index is 0.407. The van der Waals surface area contributed by atoms with Gasteiger partial charge in [-0.1, -0.05) is 27.2 Å². The molecule has 0 amide bonds. The highest BCUT2D eigenvalue weighted by Gasteiger charge is 2.69. The summed E-state index contributed by atoms with van der Waals surface area (Å²) < 4.78 is 0.407. The van der Waals surface area contributed by atoms with Crippen LogP contribution in [0.5, 0.6) is 0 Å². The van der Waals surface area contributed by atoms with E-state index < -0.39 is 0 Å². The summed E-state index contributed by atoms with van der Waals surface area (Å²) in [5, 5.41) is 0. The highest BCUT2D eigenvalue weighted by atomic mass is 32.1. The van der Waals surface area contributed by atoms with Crippen molar-refractivity contribution in [1.82, 2.24) is 0 Å². The van der Waals surface area contributed by atoms with Crippen molar-refractivity contribution in [3.8, 4) is 0 Å². The van der Waals surface area contributed by atoms with Crippen molar-refractivity contribution in [2.24, 2.45) is 17.3 Å². The van der Waals surface area contributed by atoms with Gasteiger partial charge in [0.25, 0.3) is 0 Å². The van der Waals surface area contributed by atoms with E-state index in [2.05, 4.69) is 20.8 Å². The Labute approximate surface area is 75.2 Å². The molecular weight excluding hydrogens is 152 g/mol. The molecule has 0 aromatic heterocycles. The van der Waals surface area contributed by atoms with Crippen LogP contribution in [0.4, 0.5) is 0 Å². The monoisotopic (exact) mass is 170 g/mol. The van der Waals surface area contributed by atoms with Crippen LogP contribution in [0.15, 0.2) is 0 Å². The zero-order valence-corrected chi connectivity index (χ0v) is 8.62. The van der Waals surface area contributed by atoms with E-state index in [1.54, 1.807) is 0 Å². The van der Waals surface area contributed by atoms with Crippen molar-refractivity contribution in [3.63, 3.8) is 0 Å². The van der Waals surface area contributed by atoms with Crippen LogP contribution in [0.3, 0.4) is 0 Å². The van der Waals surface area contributed by atoms with Crippen LogP contribution in [0.1, 0.15) is 40.0 Å². The molecule has 0 aromatic rings. The fourth-order valence-corrected chi connectivity index (χ4v) is 3.89. The van der Waals surface area contributed by atoms with E-state index in [1.807, 2.05) is 0 Å². The van der Waals surface area contributed by atoms with Crippen LogP contribution in [-0.4, -0.2) is 4.75 Å². The molecule has 2 saturated carbocycles. The summed E-state index contributed by atoms with van der Waals surface area (Å²) in [5.41, 5.74) is 0.529. The van der Waals surface area contributed by atoms with Crippen molar-refractivity contribution >= 4 is 12.6 Å². The Morgan fingerprint density at radius 2 is 1.91 bits per heavy atom. The standard InChI is InChI=1S/C10H18S/c1-7-4-5-8-9(2,3)10(8,11)6-7/h7-8,11H,4-6H2,1-3H3. The first-order valence-electron chi connectivity index (χ1n) is 4.71. The second-order valence-electron chi connectivity index (χ2n) is 5.09. The van der Waals surface area contributed by atoms with Gasteiger partial charge in [-0.25, -0.2) is 0 Å². The fourth-order valence-electron chi connectivity index (χ4n) is 3.03. The number of fused-ring (bicyclic) bond motifs is 1. The van der Waals surface area contributed by atoms with Gasteiger partial charge in [0.2, 0.25) is 0 Å². The molecule has 3 atom stereocenters. The van der Waals surface area contributed by atoms with Gasteiger partial charge in [-0.2, -0.15) is 12.6 Å². The first kappa shape index (κ1) is 7.97. The number of hydrogen-bond donors (Lipinski definition) is 1. The smallest absolute Gasteiger partial charge is 0.0220 e. The van der Waals surface area contributed by atoms with Gasteiger partial charge in [-0.05, 0) is 30.1 Å². The van der Waals surface area contributed by atoms with Crippen molar-refractivity contribution < 1.29 is 0 Å². The molecule has 0 radical (unpaired) electrons. The zero-order valence-electron chi connectivity index (χ0n) is 7.72. The second-order valence-corrected chi connectivity index (χ2v) is 5.88. The minimum Gasteiger partial charge on any atom is -0.172 e. The van der Waals surface area contributed by atoms with Gasteiger partial charge >= 0.3 is 0 Å². The minimum absolute atomic E-state index is 0.407. The summed E-state index contributed by atoms with van der Waals surface area (Å²) in [6, 6.07) is 0. The summed E-state index contributed by atoms with van der Waals surface area (Å²) in [7, 11) is 0. The van der Waals surface area contributed by atoms with Gasteiger partial charge in [0.1, 0.15) is 0 Å². The lowest BCUT2D eigenvalue weighted by molar-refractivity contribution is 0.388. The van der Waals surface area contributed by atoms with Gasteiger partial charge in [0.15, 0.2) is 0 Å². The predicted octanol–water partition coefficient (Wildman–Crippen LogP) is 3.13. The lowest BCUT2D eigenvalue weighted by Crippen LogP contribution is -2.17. The Kier molecular flexibility index (Phi) is 1.44. The summed E-state index contributed by atoms with van der Waals surface area (Å²) in [5.74, 6) is 1.82. The molecule has 0 aliphatic heterocycles. The quantitative estimate of drug-likeness (QED) is 0.531. The van der Waals surface area contributed by atoms with Crippen molar-refractivity contribution in [2.75, 3.05) is 0 Å². The Morgan fingerprint density at radius 1 is 1.27 bits per heavy atom. The largest absolute Gasteiger partial charge is 0.172 e. The van der Waals surface area contributed by atoms with Crippen LogP contribution >= 0.6 is 12.6 Å². The van der Waals surface area contributed by atoms with Crippen molar-refractivity contribution in [1.29, 1.82) is 0 Å². The third-order valence-corrected chi connectivity index (χ3v) is 5.16. The number of thiol groups is 1. The van der Waals surface area contributed by atoms with E-state index >= 15 is 0 Å². The number of rotatable bonds is 0. The van der Waals surface area contributed by atoms with Gasteiger partial charge in [0, 0.05) is 4.75 Å². The molecule has 0 spiro atoms. The van der Waals surface area contributed by atoms with Gasteiger partial charge < -0.3 is 0 Å². The van der Waals surface area contributed by atoms with Crippen LogP contribution in [0.25, 0.3) is 0 Å². The highest BCUT2D eigenvalue weighted by Crippen LogP contribution is 2.72. The number of hydrogen-bond acceptors (Lipinski definition) is 1. The summed E-state index contributed by atoms with van der Waals surface area (Å²) in [6.45, 7) is 7.12. The maximum Gasteiger partial charge on any atom is 0.0220 e. The van der Waals surface area contributed by atoms with E-state index in [0.29, 0.717) is 10.2 Å². The Hall–Kier alpha value is 0.350. The molecule has 0 aromatic carbocycles. The molecule has 1 heteroatoms. The third kappa shape index (κ3) is 0.838. The molecular formula is C10H18S. The maximum atomic E-state index is 4.83. The molecule has 2 fully saturated rings. The topological polar surface area (TPSA) is 0 Å². The van der Waals surface area contributed by atoms with Gasteiger partial charge in [0.05, 0.1) is 0 Å². The maximum absolute atomic E-state index is 4.83. The average molecular weight is 170 g/mol. The van der Waals surface area contributed by atoms with Gasteiger partial charge in [-0.15, -0.1) is 0 Å². The molecule has 3 unspecified atom stereocenters. The lowest BCUT2D eigenvalue weighted by Gasteiger charge is -2.22. The summed E-state index contributed by atoms with van der Waals surface area (Å²) in [4.78, 5) is 0. The molecule has 0 nitrogen and oxygen atoms in total. The molecule has 0 bridgehead atoms. The Morgan fingerprint density at radius 3 is 2.36 bits per heavy atom. The molecule has 2 aliphatic rings. The van der Waals surface area contributed by atoms with E-state index in [9.17, 15) is 0 Å². The first-order valence-corrected chi connectivity index (χ1v) is 5.15. The molecule has 2 aliphatic carbocycles. The molecule has 64 valence electrons. The SMILES string of the molecule is CC1CCC2C(C)(C)C2(S)C1. The van der Waals surface area contributed by atoms with Crippen molar-refractivity contribution in [3.05, 3.63) is 0 Å². The lowest BCUT2D eigenvalue weighted by atomic mass is 9.90. The van der Waals surface area contributed by atoms with Crippen LogP contribution < -0.4 is 0 Å². The Bertz CT molecular complexity index is 185.